The maximum absolute atomic E-state index is 13.4. The van der Waals surface area contributed by atoms with E-state index < -0.39 is 6.04 Å². The molecule has 32 heavy (non-hydrogen) atoms. The lowest BCUT2D eigenvalue weighted by molar-refractivity contribution is -0.130. The lowest BCUT2D eigenvalue weighted by Gasteiger charge is -2.37. The fraction of sp³-hybridized carbons (Fsp3) is 0.480. The van der Waals surface area contributed by atoms with E-state index in [0.717, 1.165) is 30.4 Å². The van der Waals surface area contributed by atoms with Crippen LogP contribution in [0.1, 0.15) is 61.2 Å². The molecule has 3 atom stereocenters. The molecule has 1 aliphatic heterocycles. The summed E-state index contributed by atoms with van der Waals surface area (Å²) in [4.78, 5) is 40.6. The monoisotopic (exact) mass is 437 g/mol. The highest BCUT2D eigenvalue weighted by atomic mass is 16.3. The van der Waals surface area contributed by atoms with Gasteiger partial charge in [-0.1, -0.05) is 30.7 Å². The molecule has 1 saturated carbocycles. The summed E-state index contributed by atoms with van der Waals surface area (Å²) in [7, 11) is 0. The van der Waals surface area contributed by atoms with Crippen molar-refractivity contribution in [1.82, 2.24) is 15.5 Å². The number of hydrogen-bond acceptors (Lipinski definition) is 4. The molecule has 4 rings (SSSR count). The summed E-state index contributed by atoms with van der Waals surface area (Å²) in [6.45, 7) is 4.26. The Bertz CT molecular complexity index is 969. The van der Waals surface area contributed by atoms with E-state index in [9.17, 15) is 14.4 Å². The number of hydrogen-bond donors (Lipinski definition) is 2. The molecule has 1 fully saturated rings. The molecule has 2 heterocycles. The van der Waals surface area contributed by atoms with Gasteiger partial charge in [0.2, 0.25) is 11.8 Å². The highest BCUT2D eigenvalue weighted by Crippen LogP contribution is 2.28. The van der Waals surface area contributed by atoms with Crippen LogP contribution in [0.5, 0.6) is 0 Å². The molecular formula is C25H31N3O4. The number of nitrogens with zero attached hydrogens (tertiary/aromatic N) is 1. The van der Waals surface area contributed by atoms with Gasteiger partial charge in [-0.2, -0.15) is 0 Å². The fourth-order valence-electron chi connectivity index (χ4n) is 4.77. The Hall–Kier alpha value is -3.09. The zero-order valence-electron chi connectivity index (χ0n) is 18.7. The van der Waals surface area contributed by atoms with Crippen molar-refractivity contribution >= 4 is 17.7 Å². The van der Waals surface area contributed by atoms with E-state index in [4.69, 9.17) is 4.42 Å². The van der Waals surface area contributed by atoms with Crippen molar-refractivity contribution < 1.29 is 18.8 Å². The quantitative estimate of drug-likeness (QED) is 0.752. The second kappa shape index (κ2) is 9.59. The number of amides is 3. The first kappa shape index (κ1) is 22.1. The SMILES string of the molecule is CC(C)NC(=O)C1CCCC(NC(=O)C2Cc3ccccc3CN2C(=O)c2ccco2)C1. The number of furan rings is 1. The Morgan fingerprint density at radius 2 is 1.81 bits per heavy atom. The van der Waals surface area contributed by atoms with Crippen LogP contribution in [0.2, 0.25) is 0 Å². The van der Waals surface area contributed by atoms with Gasteiger partial charge in [0.1, 0.15) is 6.04 Å². The zero-order chi connectivity index (χ0) is 22.7. The van der Waals surface area contributed by atoms with Crippen LogP contribution in [0, 0.1) is 5.92 Å². The molecule has 0 saturated heterocycles. The number of carbonyl (C=O) groups is 3. The second-order valence-electron chi connectivity index (χ2n) is 9.13. The van der Waals surface area contributed by atoms with E-state index in [1.165, 1.54) is 6.26 Å². The first-order chi connectivity index (χ1) is 15.4. The maximum Gasteiger partial charge on any atom is 0.290 e. The Labute approximate surface area is 188 Å². The average Bonchev–Trinajstić information content (AvgIpc) is 3.32. The highest BCUT2D eigenvalue weighted by molar-refractivity contribution is 5.96. The minimum absolute atomic E-state index is 0.0557. The third-order valence-electron chi connectivity index (χ3n) is 6.37. The van der Waals surface area contributed by atoms with Gasteiger partial charge in [-0.25, -0.2) is 0 Å². The standard InChI is InChI=1S/C25H31N3O4/c1-16(2)26-23(29)18-9-5-10-20(13-18)27-24(30)21-14-17-7-3-4-8-19(17)15-28(21)25(31)22-11-6-12-32-22/h3-4,6-8,11-12,16,18,20-21H,5,9-10,13-15H2,1-2H3,(H,26,29)(H,27,30). The van der Waals surface area contributed by atoms with E-state index >= 15 is 0 Å². The highest BCUT2D eigenvalue weighted by Gasteiger charge is 2.37. The van der Waals surface area contributed by atoms with E-state index in [1.807, 2.05) is 38.1 Å². The van der Waals surface area contributed by atoms with Gasteiger partial charge in [-0.15, -0.1) is 0 Å². The molecule has 0 bridgehead atoms. The molecular weight excluding hydrogens is 406 g/mol. The number of rotatable bonds is 5. The molecule has 0 radical (unpaired) electrons. The average molecular weight is 438 g/mol. The summed E-state index contributed by atoms with van der Waals surface area (Å²) in [6, 6.07) is 10.6. The number of fused-ring (bicyclic) bond motifs is 1. The zero-order valence-corrected chi connectivity index (χ0v) is 18.7. The van der Waals surface area contributed by atoms with Gasteiger partial charge >= 0.3 is 0 Å². The Balaban J connectivity index is 1.49. The summed E-state index contributed by atoms with van der Waals surface area (Å²) in [5, 5.41) is 6.13. The fourth-order valence-corrected chi connectivity index (χ4v) is 4.77. The summed E-state index contributed by atoms with van der Waals surface area (Å²) >= 11 is 0. The second-order valence-corrected chi connectivity index (χ2v) is 9.13. The molecule has 2 aliphatic rings. The van der Waals surface area contributed by atoms with Crippen molar-refractivity contribution in [2.24, 2.45) is 5.92 Å². The van der Waals surface area contributed by atoms with E-state index in [-0.39, 0.29) is 41.5 Å². The molecule has 3 amide bonds. The first-order valence-corrected chi connectivity index (χ1v) is 11.4. The molecule has 2 N–H and O–H groups in total. The van der Waals surface area contributed by atoms with Crippen molar-refractivity contribution in [3.8, 4) is 0 Å². The third kappa shape index (κ3) is 4.87. The molecule has 170 valence electrons. The number of carbonyl (C=O) groups excluding carboxylic acids is 3. The minimum Gasteiger partial charge on any atom is -0.459 e. The van der Waals surface area contributed by atoms with E-state index in [2.05, 4.69) is 10.6 Å². The molecule has 1 aliphatic carbocycles. The van der Waals surface area contributed by atoms with Crippen LogP contribution in [-0.2, 0) is 22.6 Å². The van der Waals surface area contributed by atoms with Gasteiger partial charge in [-0.3, -0.25) is 14.4 Å². The predicted molar refractivity (Wildman–Crippen MR) is 120 cm³/mol. The van der Waals surface area contributed by atoms with Crippen LogP contribution in [-0.4, -0.2) is 40.7 Å². The Kier molecular flexibility index (Phi) is 6.63. The molecule has 0 spiro atoms. The van der Waals surface area contributed by atoms with Crippen LogP contribution in [0.15, 0.2) is 47.1 Å². The maximum atomic E-state index is 13.4. The van der Waals surface area contributed by atoms with Crippen LogP contribution >= 0.6 is 0 Å². The summed E-state index contributed by atoms with van der Waals surface area (Å²) in [6.07, 6.45) is 5.11. The Morgan fingerprint density at radius 3 is 2.53 bits per heavy atom. The van der Waals surface area contributed by atoms with Crippen LogP contribution in [0.4, 0.5) is 0 Å². The van der Waals surface area contributed by atoms with Crippen LogP contribution in [0.3, 0.4) is 0 Å². The van der Waals surface area contributed by atoms with E-state index in [1.54, 1.807) is 17.0 Å². The largest absolute Gasteiger partial charge is 0.459 e. The minimum atomic E-state index is -0.618. The topological polar surface area (TPSA) is 91.7 Å². The smallest absolute Gasteiger partial charge is 0.290 e. The Morgan fingerprint density at radius 1 is 1.03 bits per heavy atom. The van der Waals surface area contributed by atoms with Gasteiger partial charge in [-0.05, 0) is 56.4 Å². The van der Waals surface area contributed by atoms with Crippen molar-refractivity contribution in [2.75, 3.05) is 0 Å². The lowest BCUT2D eigenvalue weighted by atomic mass is 9.84. The molecule has 7 nitrogen and oxygen atoms in total. The predicted octanol–water partition coefficient (Wildman–Crippen LogP) is 3.05. The third-order valence-corrected chi connectivity index (χ3v) is 6.37. The molecule has 1 aromatic carbocycles. The lowest BCUT2D eigenvalue weighted by Crippen LogP contribution is -2.55. The van der Waals surface area contributed by atoms with Gasteiger partial charge < -0.3 is 20.0 Å². The molecule has 3 unspecified atom stereocenters. The van der Waals surface area contributed by atoms with Gasteiger partial charge in [0.05, 0.1) is 6.26 Å². The van der Waals surface area contributed by atoms with Crippen molar-refractivity contribution in [3.05, 3.63) is 59.5 Å². The first-order valence-electron chi connectivity index (χ1n) is 11.4. The molecule has 2 aromatic rings. The number of benzene rings is 1. The van der Waals surface area contributed by atoms with Crippen molar-refractivity contribution in [1.29, 1.82) is 0 Å². The van der Waals surface area contributed by atoms with Gasteiger partial charge in [0, 0.05) is 31.0 Å². The number of nitrogens with one attached hydrogen (secondary N) is 2. The van der Waals surface area contributed by atoms with Gasteiger partial charge in [0.15, 0.2) is 5.76 Å². The van der Waals surface area contributed by atoms with Gasteiger partial charge in [0.25, 0.3) is 5.91 Å². The van der Waals surface area contributed by atoms with Crippen molar-refractivity contribution in [2.45, 2.75) is 70.6 Å². The van der Waals surface area contributed by atoms with Crippen LogP contribution in [0.25, 0.3) is 0 Å². The van der Waals surface area contributed by atoms with Crippen molar-refractivity contribution in [3.63, 3.8) is 0 Å². The molecule has 7 heteroatoms. The summed E-state index contributed by atoms with van der Waals surface area (Å²) in [5.74, 6) is -0.272. The summed E-state index contributed by atoms with van der Waals surface area (Å²) < 4.78 is 5.32. The van der Waals surface area contributed by atoms with E-state index in [0.29, 0.717) is 19.4 Å². The van der Waals surface area contributed by atoms with Crippen LogP contribution < -0.4 is 10.6 Å². The normalized spacial score (nSPS) is 22.8. The molecule has 1 aromatic heterocycles. The summed E-state index contributed by atoms with van der Waals surface area (Å²) in [5.41, 5.74) is 2.12.